The van der Waals surface area contributed by atoms with E-state index in [1.165, 1.54) is 0 Å². The molecule has 0 aromatic heterocycles. The van der Waals surface area contributed by atoms with E-state index in [9.17, 15) is 9.59 Å². The number of benzene rings is 1. The van der Waals surface area contributed by atoms with E-state index in [0.29, 0.717) is 19.1 Å². The molecule has 1 heterocycles. The Bertz CT molecular complexity index is 630. The molecule has 0 bridgehead atoms. The normalized spacial score (nSPS) is 21.4. The maximum Gasteiger partial charge on any atom is 0.317 e. The van der Waals surface area contributed by atoms with Crippen LogP contribution in [0.15, 0.2) is 24.3 Å². The van der Waals surface area contributed by atoms with Crippen LogP contribution >= 0.6 is 0 Å². The number of hydrogen-bond donors (Lipinski definition) is 2. The van der Waals surface area contributed by atoms with Crippen LogP contribution in [0.25, 0.3) is 0 Å². The number of urea groups is 1. The molecule has 6 heteroatoms. The second-order valence-corrected chi connectivity index (χ2v) is 6.98. The fourth-order valence-electron chi connectivity index (χ4n) is 3.30. The molecule has 1 aromatic carbocycles. The Labute approximate surface area is 148 Å². The van der Waals surface area contributed by atoms with Gasteiger partial charge in [-0.3, -0.25) is 4.79 Å². The van der Waals surface area contributed by atoms with Gasteiger partial charge < -0.3 is 20.3 Å². The van der Waals surface area contributed by atoms with Gasteiger partial charge in [0.2, 0.25) is 5.91 Å². The van der Waals surface area contributed by atoms with E-state index in [2.05, 4.69) is 10.6 Å². The molecular formula is C19H27N3O3. The molecule has 1 aliphatic heterocycles. The molecule has 0 unspecified atom stereocenters. The molecular weight excluding hydrogens is 318 g/mol. The van der Waals surface area contributed by atoms with Gasteiger partial charge in [-0.2, -0.15) is 0 Å². The minimum absolute atomic E-state index is 0.0952. The molecule has 3 amide bonds. The SMILES string of the molecule is COc1ccccc1[C@H](C)NC(=O)N1CCC[C@@H](C(=O)NC2CC2)C1. The predicted octanol–water partition coefficient (Wildman–Crippen LogP) is 2.46. The zero-order valence-electron chi connectivity index (χ0n) is 15.0. The van der Waals surface area contributed by atoms with Crippen molar-refractivity contribution >= 4 is 11.9 Å². The number of piperidine rings is 1. The number of nitrogens with one attached hydrogen (secondary N) is 2. The van der Waals surface area contributed by atoms with E-state index < -0.39 is 0 Å². The zero-order valence-corrected chi connectivity index (χ0v) is 15.0. The maximum absolute atomic E-state index is 12.6. The largest absolute Gasteiger partial charge is 0.496 e. The fraction of sp³-hybridized carbons (Fsp3) is 0.579. The van der Waals surface area contributed by atoms with Crippen molar-refractivity contribution in [2.24, 2.45) is 5.92 Å². The van der Waals surface area contributed by atoms with Crippen LogP contribution in [0.1, 0.15) is 44.2 Å². The molecule has 0 spiro atoms. The van der Waals surface area contributed by atoms with Gasteiger partial charge in [-0.25, -0.2) is 4.79 Å². The number of para-hydroxylation sites is 1. The van der Waals surface area contributed by atoms with Gasteiger partial charge in [0.15, 0.2) is 0 Å². The van der Waals surface area contributed by atoms with Crippen LogP contribution in [-0.2, 0) is 4.79 Å². The summed E-state index contributed by atoms with van der Waals surface area (Å²) < 4.78 is 5.37. The van der Waals surface area contributed by atoms with E-state index in [0.717, 1.165) is 37.0 Å². The van der Waals surface area contributed by atoms with Gasteiger partial charge in [0.05, 0.1) is 19.1 Å². The van der Waals surface area contributed by atoms with Crippen LogP contribution < -0.4 is 15.4 Å². The van der Waals surface area contributed by atoms with Crippen molar-refractivity contribution in [2.45, 2.75) is 44.7 Å². The first kappa shape index (κ1) is 17.6. The number of carbonyl (C=O) groups is 2. The predicted molar refractivity (Wildman–Crippen MR) is 95.4 cm³/mol. The third-order valence-corrected chi connectivity index (χ3v) is 4.95. The Kier molecular flexibility index (Phi) is 5.46. The van der Waals surface area contributed by atoms with Gasteiger partial charge in [-0.1, -0.05) is 18.2 Å². The lowest BCUT2D eigenvalue weighted by Crippen LogP contribution is -2.49. The van der Waals surface area contributed by atoms with Gasteiger partial charge in [-0.05, 0) is 38.7 Å². The Morgan fingerprint density at radius 3 is 2.72 bits per heavy atom. The molecule has 1 aromatic rings. The fourth-order valence-corrected chi connectivity index (χ4v) is 3.30. The van der Waals surface area contributed by atoms with E-state index in [-0.39, 0.29) is 23.9 Å². The third kappa shape index (κ3) is 4.44. The Hall–Kier alpha value is -2.24. The molecule has 25 heavy (non-hydrogen) atoms. The van der Waals surface area contributed by atoms with Crippen LogP contribution in [0, 0.1) is 5.92 Å². The van der Waals surface area contributed by atoms with Crippen molar-refractivity contribution < 1.29 is 14.3 Å². The van der Waals surface area contributed by atoms with E-state index >= 15 is 0 Å². The highest BCUT2D eigenvalue weighted by atomic mass is 16.5. The molecule has 1 aliphatic carbocycles. The number of carbonyl (C=O) groups excluding carboxylic acids is 2. The van der Waals surface area contributed by atoms with Crippen molar-refractivity contribution in [1.82, 2.24) is 15.5 Å². The third-order valence-electron chi connectivity index (χ3n) is 4.95. The summed E-state index contributed by atoms with van der Waals surface area (Å²) in [6.07, 6.45) is 3.88. The molecule has 3 rings (SSSR count). The minimum atomic E-state index is -0.163. The molecule has 2 N–H and O–H groups in total. The molecule has 2 aliphatic rings. The maximum atomic E-state index is 12.6. The summed E-state index contributed by atoms with van der Waals surface area (Å²) >= 11 is 0. The van der Waals surface area contributed by atoms with Crippen molar-refractivity contribution in [3.05, 3.63) is 29.8 Å². The lowest BCUT2D eigenvalue weighted by molar-refractivity contribution is -0.126. The van der Waals surface area contributed by atoms with Crippen molar-refractivity contribution in [3.8, 4) is 5.75 Å². The summed E-state index contributed by atoms with van der Waals surface area (Å²) in [4.78, 5) is 26.6. The summed E-state index contributed by atoms with van der Waals surface area (Å²) in [5.41, 5.74) is 0.943. The molecule has 136 valence electrons. The van der Waals surface area contributed by atoms with Crippen LogP contribution in [0.3, 0.4) is 0 Å². The van der Waals surface area contributed by atoms with Gasteiger partial charge in [0.1, 0.15) is 5.75 Å². The van der Waals surface area contributed by atoms with Gasteiger partial charge in [0, 0.05) is 24.7 Å². The molecule has 6 nitrogen and oxygen atoms in total. The number of nitrogens with zero attached hydrogens (tertiary/aromatic N) is 1. The number of amides is 3. The van der Waals surface area contributed by atoms with Gasteiger partial charge in [0.25, 0.3) is 0 Å². The number of rotatable bonds is 5. The smallest absolute Gasteiger partial charge is 0.317 e. The quantitative estimate of drug-likeness (QED) is 0.861. The average Bonchev–Trinajstić information content (AvgIpc) is 3.45. The molecule has 1 saturated heterocycles. The summed E-state index contributed by atoms with van der Waals surface area (Å²) in [5.74, 6) is 0.759. The van der Waals surface area contributed by atoms with Gasteiger partial charge >= 0.3 is 6.03 Å². The second-order valence-electron chi connectivity index (χ2n) is 6.98. The molecule has 1 saturated carbocycles. The molecule has 0 radical (unpaired) electrons. The first-order valence-electron chi connectivity index (χ1n) is 9.07. The minimum Gasteiger partial charge on any atom is -0.496 e. The van der Waals surface area contributed by atoms with Crippen molar-refractivity contribution in [1.29, 1.82) is 0 Å². The number of hydrogen-bond acceptors (Lipinski definition) is 3. The Morgan fingerprint density at radius 1 is 1.24 bits per heavy atom. The lowest BCUT2D eigenvalue weighted by Gasteiger charge is -2.33. The van der Waals surface area contributed by atoms with E-state index in [1.807, 2.05) is 31.2 Å². The van der Waals surface area contributed by atoms with E-state index in [1.54, 1.807) is 12.0 Å². The molecule has 2 atom stereocenters. The first-order chi connectivity index (χ1) is 12.1. The standard InChI is InChI=1S/C19H27N3O3/c1-13(16-7-3-4-8-17(16)25-2)20-19(24)22-11-5-6-14(12-22)18(23)21-15-9-10-15/h3-4,7-8,13-15H,5-6,9-12H2,1-2H3,(H,20,24)(H,21,23)/t13-,14+/m0/s1. The number of methoxy groups -OCH3 is 1. The zero-order chi connectivity index (χ0) is 17.8. The topological polar surface area (TPSA) is 70.7 Å². The van der Waals surface area contributed by atoms with Crippen LogP contribution in [-0.4, -0.2) is 43.1 Å². The Balaban J connectivity index is 1.57. The van der Waals surface area contributed by atoms with E-state index in [4.69, 9.17) is 4.74 Å². The average molecular weight is 345 g/mol. The highest BCUT2D eigenvalue weighted by molar-refractivity contribution is 5.81. The van der Waals surface area contributed by atoms with Crippen LogP contribution in [0.4, 0.5) is 4.79 Å². The second kappa shape index (κ2) is 7.76. The summed E-state index contributed by atoms with van der Waals surface area (Å²) in [5, 5.41) is 6.08. The summed E-state index contributed by atoms with van der Waals surface area (Å²) in [7, 11) is 1.63. The van der Waals surface area contributed by atoms with Crippen LogP contribution in [0.5, 0.6) is 5.75 Å². The highest BCUT2D eigenvalue weighted by Crippen LogP contribution is 2.25. The Morgan fingerprint density at radius 2 is 2.00 bits per heavy atom. The lowest BCUT2D eigenvalue weighted by atomic mass is 9.97. The number of ether oxygens (including phenoxy) is 1. The van der Waals surface area contributed by atoms with Crippen molar-refractivity contribution in [2.75, 3.05) is 20.2 Å². The highest BCUT2D eigenvalue weighted by Gasteiger charge is 2.32. The summed E-state index contributed by atoms with van der Waals surface area (Å²) in [6.45, 7) is 3.12. The van der Waals surface area contributed by atoms with Crippen molar-refractivity contribution in [3.63, 3.8) is 0 Å². The summed E-state index contributed by atoms with van der Waals surface area (Å²) in [6, 6.07) is 7.75. The van der Waals surface area contributed by atoms with Gasteiger partial charge in [-0.15, -0.1) is 0 Å². The monoisotopic (exact) mass is 345 g/mol. The number of likely N-dealkylation sites (tertiary alicyclic amines) is 1. The van der Waals surface area contributed by atoms with Crippen LogP contribution in [0.2, 0.25) is 0 Å². The first-order valence-corrected chi connectivity index (χ1v) is 9.07. The molecule has 2 fully saturated rings.